The van der Waals surface area contributed by atoms with Crippen molar-refractivity contribution in [3.63, 3.8) is 0 Å². The van der Waals surface area contributed by atoms with Crippen LogP contribution in [0.15, 0.2) is 0 Å². The number of alkyl carbamates (subject to hydrolysis) is 2. The molecule has 0 spiro atoms. The number of alkyl halides is 1. The number of unbranched alkanes of at least 4 members (excludes halogenated alkanes) is 2. The van der Waals surface area contributed by atoms with Gasteiger partial charge < -0.3 is 20.1 Å². The molecule has 0 saturated heterocycles. The van der Waals surface area contributed by atoms with Crippen LogP contribution in [0.1, 0.15) is 39.5 Å². The van der Waals surface area contributed by atoms with Crippen LogP contribution in [-0.4, -0.2) is 42.4 Å². The molecule has 0 bridgehead atoms. The van der Waals surface area contributed by atoms with E-state index in [2.05, 4.69) is 33.2 Å². The molecule has 0 aliphatic heterocycles. The molecule has 0 aromatic heterocycles. The van der Waals surface area contributed by atoms with Crippen molar-refractivity contribution in [2.45, 2.75) is 45.6 Å². The number of nitrogens with one attached hydrogen (secondary N) is 2. The van der Waals surface area contributed by atoms with Gasteiger partial charge in [0.15, 0.2) is 0 Å². The van der Waals surface area contributed by atoms with Crippen LogP contribution in [0.2, 0.25) is 0 Å². The zero-order valence-electron chi connectivity index (χ0n) is 12.2. The molecule has 1 atom stereocenters. The number of halogens is 1. The summed E-state index contributed by atoms with van der Waals surface area (Å²) in [7, 11) is 0. The van der Waals surface area contributed by atoms with Crippen LogP contribution in [0.5, 0.6) is 0 Å². The van der Waals surface area contributed by atoms with E-state index in [1.165, 1.54) is 0 Å². The minimum Gasteiger partial charge on any atom is -0.450 e. The maximum atomic E-state index is 11.5. The fraction of sp³-hybridized carbons (Fsp3) is 0.846. The molecule has 0 aliphatic carbocycles. The van der Waals surface area contributed by atoms with E-state index in [-0.39, 0.29) is 6.04 Å². The summed E-state index contributed by atoms with van der Waals surface area (Å²) in [5.74, 6) is 0. The Bertz CT molecular complexity index is 277. The van der Waals surface area contributed by atoms with Crippen molar-refractivity contribution >= 4 is 34.8 Å². The van der Waals surface area contributed by atoms with Crippen molar-refractivity contribution in [2.75, 3.05) is 24.2 Å². The van der Waals surface area contributed by atoms with Crippen molar-refractivity contribution in [3.05, 3.63) is 0 Å². The Kier molecular flexibility index (Phi) is 12.8. The minimum absolute atomic E-state index is 0.163. The fourth-order valence-electron chi connectivity index (χ4n) is 1.23. The van der Waals surface area contributed by atoms with E-state index >= 15 is 0 Å². The third kappa shape index (κ3) is 11.1. The Morgan fingerprint density at radius 2 is 1.60 bits per heavy atom. The highest BCUT2D eigenvalue weighted by Gasteiger charge is 2.13. The summed E-state index contributed by atoms with van der Waals surface area (Å²) in [6.07, 6.45) is 2.77. The molecule has 0 aliphatic rings. The first kappa shape index (κ1) is 19.3. The first-order valence-corrected chi connectivity index (χ1v) is 8.56. The minimum atomic E-state index is -0.450. The Morgan fingerprint density at radius 3 is 2.10 bits per heavy atom. The second-order valence-corrected chi connectivity index (χ2v) is 5.24. The molecule has 0 aromatic carbocycles. The van der Waals surface area contributed by atoms with Crippen LogP contribution in [0.4, 0.5) is 9.59 Å². The fourth-order valence-corrected chi connectivity index (χ4v) is 1.76. The molecule has 0 heterocycles. The lowest BCUT2D eigenvalue weighted by Gasteiger charge is -2.16. The predicted molar refractivity (Wildman–Crippen MR) is 86.3 cm³/mol. The van der Waals surface area contributed by atoms with Gasteiger partial charge in [0.1, 0.15) is 0 Å². The Labute approximate surface area is 134 Å². The number of ether oxygens (including phenoxy) is 2. The lowest BCUT2D eigenvalue weighted by molar-refractivity contribution is 0.136. The first-order chi connectivity index (χ1) is 9.63. The van der Waals surface area contributed by atoms with Crippen molar-refractivity contribution in [1.82, 2.24) is 10.6 Å². The van der Waals surface area contributed by atoms with E-state index in [0.717, 1.165) is 25.7 Å². The Hall–Kier alpha value is -0.730. The smallest absolute Gasteiger partial charge is 0.407 e. The number of amides is 2. The summed E-state index contributed by atoms with van der Waals surface area (Å²) in [4.78, 5) is 22.8. The van der Waals surface area contributed by atoms with E-state index in [1.807, 2.05) is 13.8 Å². The van der Waals surface area contributed by atoms with Crippen LogP contribution in [-0.2, 0) is 9.47 Å². The van der Waals surface area contributed by atoms with E-state index in [0.29, 0.717) is 24.2 Å². The Balaban J connectivity index is 3.79. The molecule has 0 radical (unpaired) electrons. The van der Waals surface area contributed by atoms with Gasteiger partial charge in [0, 0.05) is 11.0 Å². The summed E-state index contributed by atoms with van der Waals surface area (Å²) >= 11 is 2.15. The van der Waals surface area contributed by atoms with Gasteiger partial charge in [-0.2, -0.15) is 0 Å². The lowest BCUT2D eigenvalue weighted by atomic mass is 10.3. The Morgan fingerprint density at radius 1 is 1.05 bits per heavy atom. The van der Waals surface area contributed by atoms with Gasteiger partial charge in [-0.25, -0.2) is 9.59 Å². The average molecular weight is 400 g/mol. The van der Waals surface area contributed by atoms with Gasteiger partial charge in [0.2, 0.25) is 0 Å². The van der Waals surface area contributed by atoms with Gasteiger partial charge in [0.25, 0.3) is 0 Å². The lowest BCUT2D eigenvalue weighted by Crippen LogP contribution is -2.45. The van der Waals surface area contributed by atoms with E-state index in [9.17, 15) is 9.59 Å². The van der Waals surface area contributed by atoms with Gasteiger partial charge in [0.05, 0.1) is 19.3 Å². The summed E-state index contributed by atoms with van der Waals surface area (Å²) < 4.78 is 10.6. The number of hydrogen-bond acceptors (Lipinski definition) is 4. The molecular formula is C13H25IN2O4. The molecule has 118 valence electrons. The second-order valence-electron chi connectivity index (χ2n) is 4.36. The van der Waals surface area contributed by atoms with E-state index < -0.39 is 12.2 Å². The molecule has 1 unspecified atom stereocenters. The second kappa shape index (κ2) is 13.3. The van der Waals surface area contributed by atoms with Crippen molar-refractivity contribution in [1.29, 1.82) is 0 Å². The molecule has 20 heavy (non-hydrogen) atoms. The van der Waals surface area contributed by atoms with E-state index in [1.54, 1.807) is 0 Å². The SMILES string of the molecule is CCCCOC(=O)NCC(CI)NC(=O)OCCCC. The summed E-state index contributed by atoms with van der Waals surface area (Å²) in [5, 5.41) is 5.34. The van der Waals surface area contributed by atoms with Crippen LogP contribution in [0.25, 0.3) is 0 Å². The van der Waals surface area contributed by atoms with Gasteiger partial charge >= 0.3 is 12.2 Å². The maximum Gasteiger partial charge on any atom is 0.407 e. The first-order valence-electron chi connectivity index (χ1n) is 7.03. The topological polar surface area (TPSA) is 76.7 Å². The highest BCUT2D eigenvalue weighted by atomic mass is 127. The highest BCUT2D eigenvalue weighted by Crippen LogP contribution is 1.95. The van der Waals surface area contributed by atoms with Crippen molar-refractivity contribution in [2.24, 2.45) is 0 Å². The van der Waals surface area contributed by atoms with Crippen LogP contribution < -0.4 is 10.6 Å². The third-order valence-corrected chi connectivity index (χ3v) is 3.53. The molecule has 2 amide bonds. The number of carbonyl (C=O) groups is 2. The quantitative estimate of drug-likeness (QED) is 0.336. The van der Waals surface area contributed by atoms with Crippen molar-refractivity contribution in [3.8, 4) is 0 Å². The average Bonchev–Trinajstić information content (AvgIpc) is 2.44. The molecule has 0 fully saturated rings. The van der Waals surface area contributed by atoms with Gasteiger partial charge in [-0.05, 0) is 12.8 Å². The molecule has 0 aromatic rings. The van der Waals surface area contributed by atoms with Gasteiger partial charge in [-0.1, -0.05) is 49.3 Å². The van der Waals surface area contributed by atoms with Gasteiger partial charge in [-0.3, -0.25) is 0 Å². The molecule has 7 heteroatoms. The number of carbonyl (C=O) groups excluding carboxylic acids is 2. The maximum absolute atomic E-state index is 11.5. The zero-order chi connectivity index (χ0) is 15.2. The van der Waals surface area contributed by atoms with Gasteiger partial charge in [-0.15, -0.1) is 0 Å². The normalized spacial score (nSPS) is 11.6. The molecule has 0 saturated carbocycles. The summed E-state index contributed by atoms with van der Waals surface area (Å²) in [6.45, 7) is 5.23. The highest BCUT2D eigenvalue weighted by molar-refractivity contribution is 14.1. The summed E-state index contributed by atoms with van der Waals surface area (Å²) in [5.41, 5.74) is 0. The van der Waals surface area contributed by atoms with Crippen molar-refractivity contribution < 1.29 is 19.1 Å². The standard InChI is InChI=1S/C13H25IN2O4/c1-3-5-7-19-12(17)15-10-11(9-14)16-13(18)20-8-6-4-2/h11H,3-10H2,1-2H3,(H,15,17)(H,16,18). The molecular weight excluding hydrogens is 375 g/mol. The largest absolute Gasteiger partial charge is 0.450 e. The van der Waals surface area contributed by atoms with E-state index in [4.69, 9.17) is 9.47 Å². The van der Waals surface area contributed by atoms with Crippen LogP contribution in [0, 0.1) is 0 Å². The molecule has 6 nitrogen and oxygen atoms in total. The third-order valence-electron chi connectivity index (χ3n) is 2.46. The molecule has 0 rings (SSSR count). The number of rotatable bonds is 10. The number of hydrogen-bond donors (Lipinski definition) is 2. The zero-order valence-corrected chi connectivity index (χ0v) is 14.4. The molecule has 2 N–H and O–H groups in total. The monoisotopic (exact) mass is 400 g/mol. The predicted octanol–water partition coefficient (Wildman–Crippen LogP) is 2.84. The van der Waals surface area contributed by atoms with Crippen LogP contribution in [0.3, 0.4) is 0 Å². The van der Waals surface area contributed by atoms with Crippen LogP contribution >= 0.6 is 22.6 Å². The summed E-state index contributed by atoms with van der Waals surface area (Å²) in [6, 6.07) is -0.163.